The molecule has 0 unspecified atom stereocenters. The largest absolute Gasteiger partial charge is 0.310 e. The van der Waals surface area contributed by atoms with Crippen molar-refractivity contribution in [1.29, 1.82) is 0 Å². The molecule has 1 aliphatic carbocycles. The third-order valence-electron chi connectivity index (χ3n) is 28.6. The summed E-state index contributed by atoms with van der Waals surface area (Å²) in [7, 11) is 0. The highest BCUT2D eigenvalue weighted by Gasteiger charge is 2.47. The second-order valence-corrected chi connectivity index (χ2v) is 41.6. The fourth-order valence-electron chi connectivity index (χ4n) is 20.6. The van der Waals surface area contributed by atoms with E-state index >= 15 is 0 Å². The summed E-state index contributed by atoms with van der Waals surface area (Å²) >= 11 is 0. The van der Waals surface area contributed by atoms with Gasteiger partial charge < -0.3 is 19.6 Å². The van der Waals surface area contributed by atoms with Gasteiger partial charge in [0.05, 0.1) is 22.7 Å². The zero-order valence-corrected chi connectivity index (χ0v) is 83.7. The van der Waals surface area contributed by atoms with Crippen molar-refractivity contribution in [3.63, 3.8) is 0 Å². The number of nitrogens with zero attached hydrogens (tertiary/aromatic N) is 4. The van der Waals surface area contributed by atoms with Crippen LogP contribution in [-0.2, 0) is 47.3 Å². The van der Waals surface area contributed by atoms with Crippen molar-refractivity contribution in [2.75, 3.05) is 19.6 Å². The van der Waals surface area contributed by atoms with Crippen molar-refractivity contribution in [3.8, 4) is 11.1 Å². The summed E-state index contributed by atoms with van der Waals surface area (Å²) in [5.74, 6) is 0. The average molecular weight is 1700 g/mol. The molecule has 128 heavy (non-hydrogen) atoms. The van der Waals surface area contributed by atoms with Crippen LogP contribution in [0.4, 0.5) is 68.2 Å². The fraction of sp³-hybridized carbons (Fsp3) is 0.403. The number of aryl methyl sites for hydroxylation is 16. The summed E-state index contributed by atoms with van der Waals surface area (Å²) < 4.78 is 0. The first kappa shape index (κ1) is 95.2. The number of anilines is 12. The van der Waals surface area contributed by atoms with E-state index in [4.69, 9.17) is 0 Å². The molecule has 0 aliphatic heterocycles. The lowest BCUT2D eigenvalue weighted by molar-refractivity contribution is 0.299. The lowest BCUT2D eigenvalue weighted by atomic mass is 9.55. The fourth-order valence-corrected chi connectivity index (χ4v) is 20.6. The molecule has 0 atom stereocenters. The SMILES string of the molecule is CCCCCCCCc1c(CCCCCCCC)c2cc(N(c3ccc(C)cc3)c3c(C)cc(CCCC)cc3C)ccc2c2ccc(N(c3ccc(C)cc3)c3c(C)cc(CCCC)cc3C)cc12.Cc1ccc(N(c2ccc3c(c2)C(C)(C)C(C)(C)c2cc(N(c4ccc(C)cc4)c4c(C)cc(C(C)(C)C)cc4C)ccc2-3)c2c(C)cc(C(C)(C)C)cc2C)cc1. The van der Waals surface area contributed by atoms with E-state index < -0.39 is 0 Å². The number of benzene rings is 13. The first-order chi connectivity index (χ1) is 61.1. The quantitative estimate of drug-likeness (QED) is 0.0308. The minimum Gasteiger partial charge on any atom is -0.310 e. The zero-order valence-electron chi connectivity index (χ0n) is 83.7. The van der Waals surface area contributed by atoms with E-state index in [1.165, 1.54) is 304 Å². The van der Waals surface area contributed by atoms with Crippen LogP contribution < -0.4 is 19.6 Å². The average Bonchev–Trinajstić information content (AvgIpc) is 0.703. The topological polar surface area (TPSA) is 13.0 Å². The number of hydrogen-bond acceptors (Lipinski definition) is 4. The predicted molar refractivity (Wildman–Crippen MR) is 564 cm³/mol. The third kappa shape index (κ3) is 20.7. The number of hydrogen-bond donors (Lipinski definition) is 0. The van der Waals surface area contributed by atoms with Crippen LogP contribution in [0.3, 0.4) is 0 Å². The Morgan fingerprint density at radius 1 is 0.227 bits per heavy atom. The number of fused-ring (bicyclic) bond motifs is 6. The molecule has 13 aromatic rings. The van der Waals surface area contributed by atoms with E-state index in [0.717, 1.165) is 25.7 Å². The summed E-state index contributed by atoms with van der Waals surface area (Å²) in [4.78, 5) is 10.1. The zero-order chi connectivity index (χ0) is 91.8. The van der Waals surface area contributed by atoms with Crippen LogP contribution in [0.1, 0.15) is 311 Å². The molecule has 1 aliphatic rings. The molecule has 4 heteroatoms. The Hall–Kier alpha value is -10.4. The molecule has 0 aromatic heterocycles. The molecule has 0 bridgehead atoms. The molecular weight excluding hydrogens is 1550 g/mol. The van der Waals surface area contributed by atoms with E-state index in [1.807, 2.05) is 0 Å². The minimum atomic E-state index is -0.183. The molecule has 0 spiro atoms. The molecule has 0 fully saturated rings. The Bertz CT molecular complexity index is 5560. The Kier molecular flexibility index (Phi) is 30.3. The van der Waals surface area contributed by atoms with E-state index in [-0.39, 0.29) is 21.7 Å². The standard InChI is InChI=1S/C68H88N2.C56H66N2/c1-11-15-19-21-23-25-29-61-62(30-26-24-22-20-16-12-2)66-48-60(70(58-37-33-50(6)34-38-58)68-53(9)45-56(28-18-14-4)46-54(68)10)40-42-64(66)63-41-39-59(47-65(61)63)69(57-35-31-49(5)32-36-57)67-51(7)43-55(27-17-13-3)44-52(67)8;1-35-17-21-43(22-18-35)57(51-37(3)29-41(30-38(51)4)53(7,8)9)45-25-27-47-48-28-26-46(34-50(48)56(15,16)55(13,14)49(47)33-45)58(44-23-19-36(2)20-24-44)52-39(5)31-42(32-40(52)6)54(10,11)12/h31-48H,11-30H2,1-10H3;17-34H,1-16H3. The monoisotopic (exact) mass is 1700 g/mol. The van der Waals surface area contributed by atoms with Gasteiger partial charge in [-0.05, 0) is 375 Å². The van der Waals surface area contributed by atoms with Crippen molar-refractivity contribution in [3.05, 3.63) is 330 Å². The van der Waals surface area contributed by atoms with Crippen LogP contribution in [0.2, 0.25) is 0 Å². The highest BCUT2D eigenvalue weighted by molar-refractivity contribution is 6.13. The first-order valence-corrected chi connectivity index (χ1v) is 49.3. The Balaban J connectivity index is 0.000000222. The van der Waals surface area contributed by atoms with Gasteiger partial charge in [0.2, 0.25) is 0 Å². The predicted octanol–water partition coefficient (Wildman–Crippen LogP) is 37.6. The lowest BCUT2D eigenvalue weighted by Crippen LogP contribution is -2.43. The van der Waals surface area contributed by atoms with Crippen LogP contribution in [0.5, 0.6) is 0 Å². The molecule has 13 aromatic carbocycles. The van der Waals surface area contributed by atoms with Gasteiger partial charge in [0.25, 0.3) is 0 Å². The first-order valence-electron chi connectivity index (χ1n) is 49.3. The molecule has 0 N–H and O–H groups in total. The van der Waals surface area contributed by atoms with Gasteiger partial charge in [0, 0.05) is 45.5 Å². The van der Waals surface area contributed by atoms with Crippen LogP contribution >= 0.6 is 0 Å². The number of unbranched alkanes of at least 4 members (excludes halogenated alkanes) is 12. The highest BCUT2D eigenvalue weighted by atomic mass is 15.2. The molecule has 670 valence electrons. The Morgan fingerprint density at radius 2 is 0.461 bits per heavy atom. The maximum atomic E-state index is 2.59. The van der Waals surface area contributed by atoms with Gasteiger partial charge in [0.15, 0.2) is 0 Å². The number of rotatable bonds is 32. The van der Waals surface area contributed by atoms with E-state index in [9.17, 15) is 0 Å². The van der Waals surface area contributed by atoms with Crippen molar-refractivity contribution in [2.45, 2.75) is 330 Å². The van der Waals surface area contributed by atoms with Crippen LogP contribution in [0, 0.1) is 83.1 Å². The van der Waals surface area contributed by atoms with Gasteiger partial charge in [-0.1, -0.05) is 318 Å². The van der Waals surface area contributed by atoms with Crippen LogP contribution in [-0.4, -0.2) is 0 Å². The van der Waals surface area contributed by atoms with Crippen molar-refractivity contribution < 1.29 is 0 Å². The van der Waals surface area contributed by atoms with Crippen molar-refractivity contribution >= 4 is 89.8 Å². The van der Waals surface area contributed by atoms with Crippen molar-refractivity contribution in [2.24, 2.45) is 0 Å². The second-order valence-electron chi connectivity index (χ2n) is 41.6. The third-order valence-corrected chi connectivity index (χ3v) is 28.6. The van der Waals surface area contributed by atoms with E-state index in [2.05, 4.69) is 418 Å². The highest BCUT2D eigenvalue weighted by Crippen LogP contribution is 2.58. The molecule has 14 rings (SSSR count). The minimum absolute atomic E-state index is 0.0726. The van der Waals surface area contributed by atoms with Gasteiger partial charge in [-0.2, -0.15) is 0 Å². The van der Waals surface area contributed by atoms with Crippen LogP contribution in [0.15, 0.2) is 218 Å². The van der Waals surface area contributed by atoms with Gasteiger partial charge in [-0.15, -0.1) is 0 Å². The summed E-state index contributed by atoms with van der Waals surface area (Å²) in [5, 5.41) is 5.62. The Labute approximate surface area is 775 Å². The van der Waals surface area contributed by atoms with Gasteiger partial charge in [-0.25, -0.2) is 0 Å². The summed E-state index contributed by atoms with van der Waals surface area (Å²) in [6.45, 7) is 60.1. The molecule has 4 nitrogen and oxygen atoms in total. The van der Waals surface area contributed by atoms with Gasteiger partial charge in [-0.3, -0.25) is 0 Å². The smallest absolute Gasteiger partial charge is 0.0520 e. The van der Waals surface area contributed by atoms with Gasteiger partial charge in [0.1, 0.15) is 0 Å². The molecule has 0 saturated carbocycles. The molecule has 0 heterocycles. The second kappa shape index (κ2) is 40.7. The summed E-state index contributed by atoms with van der Waals surface area (Å²) in [6, 6.07) is 85.3. The molecule has 0 amide bonds. The molecular formula is C124H154N4. The Morgan fingerprint density at radius 3 is 0.727 bits per heavy atom. The lowest BCUT2D eigenvalue weighted by Gasteiger charge is -2.49. The van der Waals surface area contributed by atoms with Crippen molar-refractivity contribution in [1.82, 2.24) is 0 Å². The van der Waals surface area contributed by atoms with E-state index in [0.29, 0.717) is 0 Å². The molecule has 0 radical (unpaired) electrons. The normalized spacial score (nSPS) is 12.9. The van der Waals surface area contributed by atoms with Gasteiger partial charge >= 0.3 is 0 Å². The maximum absolute atomic E-state index is 2.59. The van der Waals surface area contributed by atoms with Crippen LogP contribution in [0.25, 0.3) is 32.7 Å². The summed E-state index contributed by atoms with van der Waals surface area (Å²) in [5.41, 5.74) is 44.4. The summed E-state index contributed by atoms with van der Waals surface area (Å²) in [6.07, 6.45) is 24.8. The molecule has 0 saturated heterocycles. The van der Waals surface area contributed by atoms with E-state index in [1.54, 1.807) is 11.1 Å². The maximum Gasteiger partial charge on any atom is 0.0520 e.